The van der Waals surface area contributed by atoms with E-state index in [4.69, 9.17) is 21.7 Å². The van der Waals surface area contributed by atoms with Crippen LogP contribution in [0.1, 0.15) is 16.0 Å². The third-order valence-corrected chi connectivity index (χ3v) is 7.47. The number of aromatic nitrogens is 1. The third-order valence-electron chi connectivity index (χ3n) is 5.18. The number of carbonyl (C=O) groups excluding carboxylic acids is 2. The number of nitro benzene ring substituents is 1. The highest BCUT2D eigenvalue weighted by molar-refractivity contribution is 8.26. The number of thioether (sulfide) groups is 1. The summed E-state index contributed by atoms with van der Waals surface area (Å²) < 4.78 is 10.8. The number of rotatable bonds is 9. The summed E-state index contributed by atoms with van der Waals surface area (Å²) in [6, 6.07) is 11.6. The Morgan fingerprint density at radius 3 is 2.73 bits per heavy atom. The van der Waals surface area contributed by atoms with Crippen molar-refractivity contribution in [3.63, 3.8) is 0 Å². The first kappa shape index (κ1) is 26.3. The Labute approximate surface area is 225 Å². The Kier molecular flexibility index (Phi) is 8.16. The lowest BCUT2D eigenvalue weighted by atomic mass is 10.1. The number of nitrogens with zero attached hydrogens (tertiary/aromatic N) is 3. The number of nitro groups is 1. The largest absolute Gasteiger partial charge is 0.493 e. The summed E-state index contributed by atoms with van der Waals surface area (Å²) >= 11 is 7.69. The SMILES string of the molecule is COc1ccc(/C=C2/SC(=S)N(CC(=O)Nc3ncc(Cc4cccc([N+](=O)[O-])c4)s3)C2=O)cc1OC. The molecular formula is C24H20N4O6S3. The van der Waals surface area contributed by atoms with Gasteiger partial charge in [0, 0.05) is 29.6 Å². The van der Waals surface area contributed by atoms with E-state index in [9.17, 15) is 19.7 Å². The normalized spacial score (nSPS) is 14.2. The number of non-ortho nitro benzene ring substituents is 1. The van der Waals surface area contributed by atoms with Crippen molar-refractivity contribution < 1.29 is 24.0 Å². The van der Waals surface area contributed by atoms with Crippen molar-refractivity contribution in [3.05, 3.63) is 79.7 Å². The molecule has 13 heteroatoms. The minimum atomic E-state index is -0.446. The summed E-state index contributed by atoms with van der Waals surface area (Å²) in [7, 11) is 3.07. The summed E-state index contributed by atoms with van der Waals surface area (Å²) in [4.78, 5) is 42.7. The number of ether oxygens (including phenoxy) is 2. The molecule has 0 aliphatic carbocycles. The summed E-state index contributed by atoms with van der Waals surface area (Å²) in [5.74, 6) is 0.282. The molecule has 2 amide bonds. The quantitative estimate of drug-likeness (QED) is 0.176. The van der Waals surface area contributed by atoms with Crippen molar-refractivity contribution in [3.8, 4) is 11.5 Å². The first-order valence-electron chi connectivity index (χ1n) is 10.7. The van der Waals surface area contributed by atoms with Gasteiger partial charge in [-0.2, -0.15) is 0 Å². The number of hydrogen-bond donors (Lipinski definition) is 1. The Bertz CT molecular complexity index is 1420. The van der Waals surface area contributed by atoms with Crippen LogP contribution < -0.4 is 14.8 Å². The zero-order valence-corrected chi connectivity index (χ0v) is 22.1. The van der Waals surface area contributed by atoms with Gasteiger partial charge in [-0.3, -0.25) is 24.6 Å². The van der Waals surface area contributed by atoms with Crippen LogP contribution in [0.2, 0.25) is 0 Å². The highest BCUT2D eigenvalue weighted by Crippen LogP contribution is 2.34. The van der Waals surface area contributed by atoms with Crippen LogP contribution in [0.15, 0.2) is 53.6 Å². The van der Waals surface area contributed by atoms with Crippen molar-refractivity contribution in [2.24, 2.45) is 0 Å². The van der Waals surface area contributed by atoms with Gasteiger partial charge >= 0.3 is 0 Å². The van der Waals surface area contributed by atoms with E-state index < -0.39 is 10.8 Å². The van der Waals surface area contributed by atoms with Crippen LogP contribution in [-0.2, 0) is 16.0 Å². The lowest BCUT2D eigenvalue weighted by Crippen LogP contribution is -2.36. The maximum atomic E-state index is 12.9. The standard InChI is InChI=1S/C24H20N4O6S3/c1-33-18-7-6-15(10-19(18)34-2)11-20-22(30)27(24(35)37-20)13-21(29)26-23-25-12-17(36-23)9-14-4-3-5-16(8-14)28(31)32/h3-8,10-12H,9,13H2,1-2H3,(H,25,26,29)/b20-11+. The van der Waals surface area contributed by atoms with Crippen molar-refractivity contribution in [1.82, 2.24) is 9.88 Å². The third kappa shape index (κ3) is 6.31. The number of thiocarbonyl (C=S) groups is 1. The van der Waals surface area contributed by atoms with E-state index in [1.807, 2.05) is 0 Å². The molecular weight excluding hydrogens is 536 g/mol. The van der Waals surface area contributed by atoms with Gasteiger partial charge < -0.3 is 14.8 Å². The van der Waals surface area contributed by atoms with Gasteiger partial charge in [0.25, 0.3) is 11.6 Å². The Morgan fingerprint density at radius 1 is 1.22 bits per heavy atom. The number of anilines is 1. The van der Waals surface area contributed by atoms with Crippen LogP contribution in [0.4, 0.5) is 10.8 Å². The van der Waals surface area contributed by atoms with Crippen LogP contribution in [0.3, 0.4) is 0 Å². The molecule has 0 spiro atoms. The second-order valence-corrected chi connectivity index (χ2v) is 10.5. The molecule has 0 unspecified atom stereocenters. The van der Waals surface area contributed by atoms with Gasteiger partial charge in [0.1, 0.15) is 10.9 Å². The summed E-state index contributed by atoms with van der Waals surface area (Å²) in [6.07, 6.45) is 3.72. The highest BCUT2D eigenvalue weighted by atomic mass is 32.2. The number of hydrogen-bond acceptors (Lipinski definition) is 10. The predicted octanol–water partition coefficient (Wildman–Crippen LogP) is 4.50. The molecule has 37 heavy (non-hydrogen) atoms. The van der Waals surface area contributed by atoms with Gasteiger partial charge in [0.2, 0.25) is 5.91 Å². The van der Waals surface area contributed by atoms with E-state index in [1.54, 1.807) is 42.6 Å². The average Bonchev–Trinajstić information content (AvgIpc) is 3.42. The van der Waals surface area contributed by atoms with E-state index in [1.165, 1.54) is 42.6 Å². The number of carbonyl (C=O) groups is 2. The van der Waals surface area contributed by atoms with Crippen LogP contribution >= 0.6 is 35.3 Å². The average molecular weight is 557 g/mol. The maximum Gasteiger partial charge on any atom is 0.269 e. The van der Waals surface area contributed by atoms with Crippen molar-refractivity contribution >= 4 is 68.3 Å². The summed E-state index contributed by atoms with van der Waals surface area (Å²) in [6.45, 7) is -0.256. The van der Waals surface area contributed by atoms with E-state index in [0.717, 1.165) is 27.8 Å². The first-order valence-corrected chi connectivity index (χ1v) is 12.8. The summed E-state index contributed by atoms with van der Waals surface area (Å²) in [5.41, 5.74) is 1.50. The van der Waals surface area contributed by atoms with Gasteiger partial charge in [0.05, 0.1) is 24.0 Å². The van der Waals surface area contributed by atoms with Gasteiger partial charge in [-0.1, -0.05) is 42.2 Å². The number of amides is 2. The molecule has 1 aromatic heterocycles. The second kappa shape index (κ2) is 11.5. The minimum Gasteiger partial charge on any atom is -0.493 e. The highest BCUT2D eigenvalue weighted by Gasteiger charge is 2.33. The fourth-order valence-corrected chi connectivity index (χ4v) is 5.58. The molecule has 1 aliphatic heterocycles. The monoisotopic (exact) mass is 556 g/mol. The lowest BCUT2D eigenvalue weighted by Gasteiger charge is -2.13. The second-order valence-electron chi connectivity index (χ2n) is 7.67. The summed E-state index contributed by atoms with van der Waals surface area (Å²) in [5, 5.41) is 14.0. The molecule has 1 N–H and O–H groups in total. The molecule has 2 heterocycles. The molecule has 3 aromatic rings. The lowest BCUT2D eigenvalue weighted by molar-refractivity contribution is -0.384. The van der Waals surface area contributed by atoms with Gasteiger partial charge in [-0.25, -0.2) is 4.98 Å². The first-order chi connectivity index (χ1) is 17.8. The molecule has 0 atom stereocenters. The topological polar surface area (TPSA) is 124 Å². The van der Waals surface area contributed by atoms with E-state index in [0.29, 0.717) is 28.0 Å². The molecule has 1 fully saturated rings. The molecule has 2 aromatic carbocycles. The van der Waals surface area contributed by atoms with Crippen LogP contribution in [0.5, 0.6) is 11.5 Å². The molecule has 10 nitrogen and oxygen atoms in total. The smallest absolute Gasteiger partial charge is 0.269 e. The molecule has 0 saturated carbocycles. The van der Waals surface area contributed by atoms with Crippen LogP contribution in [-0.4, -0.2) is 51.7 Å². The van der Waals surface area contributed by atoms with Crippen LogP contribution in [0, 0.1) is 10.1 Å². The fourth-order valence-electron chi connectivity index (χ4n) is 3.46. The van der Waals surface area contributed by atoms with E-state index in [-0.39, 0.29) is 22.5 Å². The van der Waals surface area contributed by atoms with Crippen LogP contribution in [0.25, 0.3) is 6.08 Å². The number of benzene rings is 2. The zero-order valence-electron chi connectivity index (χ0n) is 19.6. The predicted molar refractivity (Wildman–Crippen MR) is 146 cm³/mol. The molecule has 190 valence electrons. The fraction of sp³-hybridized carbons (Fsp3) is 0.167. The molecule has 0 radical (unpaired) electrons. The Balaban J connectivity index is 1.38. The minimum absolute atomic E-state index is 0.0132. The zero-order chi connectivity index (χ0) is 26.5. The van der Waals surface area contributed by atoms with Crippen molar-refractivity contribution in [2.45, 2.75) is 6.42 Å². The van der Waals surface area contributed by atoms with Gasteiger partial charge in [0.15, 0.2) is 16.6 Å². The number of nitrogens with one attached hydrogen (secondary N) is 1. The number of methoxy groups -OCH3 is 2. The van der Waals surface area contributed by atoms with Crippen molar-refractivity contribution in [1.29, 1.82) is 0 Å². The molecule has 1 saturated heterocycles. The molecule has 0 bridgehead atoms. The Morgan fingerprint density at radius 2 is 2.00 bits per heavy atom. The van der Waals surface area contributed by atoms with E-state index >= 15 is 0 Å². The van der Waals surface area contributed by atoms with E-state index in [2.05, 4.69) is 10.3 Å². The number of thiazole rings is 1. The maximum absolute atomic E-state index is 12.9. The molecule has 4 rings (SSSR count). The van der Waals surface area contributed by atoms with Gasteiger partial charge in [-0.05, 0) is 29.3 Å². The Hall–Kier alpha value is -3.81. The van der Waals surface area contributed by atoms with Crippen molar-refractivity contribution in [2.75, 3.05) is 26.1 Å². The molecule has 1 aliphatic rings. The van der Waals surface area contributed by atoms with Gasteiger partial charge in [-0.15, -0.1) is 11.3 Å².